The molecule has 0 radical (unpaired) electrons. The van der Waals surface area contributed by atoms with E-state index in [1.54, 1.807) is 12.3 Å². The van der Waals surface area contributed by atoms with E-state index in [2.05, 4.69) is 10.3 Å². The Morgan fingerprint density at radius 1 is 1.25 bits per heavy atom. The molecule has 0 aliphatic heterocycles. The second-order valence-electron chi connectivity index (χ2n) is 4.10. The van der Waals surface area contributed by atoms with Crippen LogP contribution < -0.4 is 5.32 Å². The van der Waals surface area contributed by atoms with Gasteiger partial charge >= 0.3 is 0 Å². The molecule has 0 amide bonds. The molecule has 3 aromatic heterocycles. The first-order valence-corrected chi connectivity index (χ1v) is 7.08. The van der Waals surface area contributed by atoms with Crippen molar-refractivity contribution in [1.82, 2.24) is 4.98 Å². The van der Waals surface area contributed by atoms with Gasteiger partial charge in [0.15, 0.2) is 0 Å². The van der Waals surface area contributed by atoms with Gasteiger partial charge in [0.05, 0.1) is 22.5 Å². The Balaban J connectivity index is 1.92. The topological polar surface area (TPSA) is 38.1 Å². The second kappa shape index (κ2) is 5.64. The quantitative estimate of drug-likeness (QED) is 0.708. The van der Waals surface area contributed by atoms with E-state index in [1.807, 2.05) is 24.3 Å². The maximum Gasteiger partial charge on any atom is 0.212 e. The van der Waals surface area contributed by atoms with Gasteiger partial charge in [0, 0.05) is 4.88 Å². The molecule has 3 nitrogen and oxygen atoms in total. The largest absolute Gasteiger partial charge is 0.467 e. The number of hydrogen-bond acceptors (Lipinski definition) is 4. The molecule has 0 bridgehead atoms. The van der Waals surface area contributed by atoms with Gasteiger partial charge in [0.25, 0.3) is 0 Å². The van der Waals surface area contributed by atoms with Gasteiger partial charge in [-0.2, -0.15) is 4.39 Å². The summed E-state index contributed by atoms with van der Waals surface area (Å²) in [5.41, 5.74) is 0.706. The molecule has 1 atom stereocenters. The highest BCUT2D eigenvalue weighted by molar-refractivity contribution is 7.16. The molecule has 0 fully saturated rings. The fourth-order valence-electron chi connectivity index (χ4n) is 1.85. The molecule has 1 unspecified atom stereocenters. The Bertz CT molecular complexity index is 682. The average Bonchev–Trinajstić information content (AvgIpc) is 3.09. The lowest BCUT2D eigenvalue weighted by molar-refractivity contribution is 0.500. The smallest absolute Gasteiger partial charge is 0.212 e. The number of pyridine rings is 1. The number of hydrogen-bond donors (Lipinski definition) is 1. The lowest BCUT2D eigenvalue weighted by Gasteiger charge is -2.16. The van der Waals surface area contributed by atoms with Gasteiger partial charge in [0.2, 0.25) is 5.95 Å². The second-order valence-corrected chi connectivity index (χ2v) is 5.85. The minimum atomic E-state index is -0.510. The van der Waals surface area contributed by atoms with Crippen LogP contribution in [0.1, 0.15) is 16.7 Å². The molecule has 1 N–H and O–H groups in total. The Morgan fingerprint density at radius 2 is 2.15 bits per heavy atom. The third-order valence-electron chi connectivity index (χ3n) is 2.74. The molecular formula is C14H10ClFN2OS. The molecule has 3 rings (SSSR count). The molecule has 0 aromatic carbocycles. The van der Waals surface area contributed by atoms with Gasteiger partial charge in [-0.3, -0.25) is 0 Å². The SMILES string of the molecule is Fc1ccc(NC(c2ccco2)c2ccc(Cl)s2)cn1. The number of nitrogens with zero attached hydrogens (tertiary/aromatic N) is 1. The normalized spacial score (nSPS) is 12.3. The zero-order valence-electron chi connectivity index (χ0n) is 10.2. The standard InChI is InChI=1S/C14H10ClFN2OS/c15-12-5-4-11(20-12)14(10-2-1-7-19-10)18-9-3-6-13(16)17-8-9/h1-8,14,18H. The summed E-state index contributed by atoms with van der Waals surface area (Å²) in [7, 11) is 0. The lowest BCUT2D eigenvalue weighted by Crippen LogP contribution is -2.10. The number of halogens is 2. The van der Waals surface area contributed by atoms with E-state index >= 15 is 0 Å². The monoisotopic (exact) mass is 308 g/mol. The van der Waals surface area contributed by atoms with Gasteiger partial charge < -0.3 is 9.73 Å². The summed E-state index contributed by atoms with van der Waals surface area (Å²) < 4.78 is 19.0. The molecule has 20 heavy (non-hydrogen) atoms. The van der Waals surface area contributed by atoms with E-state index < -0.39 is 5.95 Å². The van der Waals surface area contributed by atoms with Crippen LogP contribution in [0.25, 0.3) is 0 Å². The number of rotatable bonds is 4. The maximum absolute atomic E-state index is 12.9. The fraction of sp³-hybridized carbons (Fsp3) is 0.0714. The molecule has 3 heterocycles. The van der Waals surface area contributed by atoms with Crippen LogP contribution in [0.15, 0.2) is 53.3 Å². The summed E-state index contributed by atoms with van der Waals surface area (Å²) in [5, 5.41) is 3.27. The summed E-state index contributed by atoms with van der Waals surface area (Å²) in [4.78, 5) is 4.64. The summed E-state index contributed by atoms with van der Waals surface area (Å²) in [6, 6.07) is 10.2. The molecule has 0 spiro atoms. The number of aromatic nitrogens is 1. The van der Waals surface area contributed by atoms with E-state index in [9.17, 15) is 4.39 Å². The van der Waals surface area contributed by atoms with Crippen molar-refractivity contribution in [3.8, 4) is 0 Å². The molecule has 0 aliphatic carbocycles. The fourth-order valence-corrected chi connectivity index (χ4v) is 2.97. The summed E-state index contributed by atoms with van der Waals surface area (Å²) >= 11 is 7.45. The van der Waals surface area contributed by atoms with Crippen LogP contribution in [-0.2, 0) is 0 Å². The lowest BCUT2D eigenvalue weighted by atomic mass is 10.2. The Morgan fingerprint density at radius 3 is 2.75 bits per heavy atom. The zero-order chi connectivity index (χ0) is 13.9. The zero-order valence-corrected chi connectivity index (χ0v) is 11.8. The predicted molar refractivity (Wildman–Crippen MR) is 77.7 cm³/mol. The first-order valence-electron chi connectivity index (χ1n) is 5.89. The highest BCUT2D eigenvalue weighted by Crippen LogP contribution is 2.33. The van der Waals surface area contributed by atoms with E-state index in [4.69, 9.17) is 16.0 Å². The molecule has 0 aliphatic rings. The van der Waals surface area contributed by atoms with Gasteiger partial charge in [-0.05, 0) is 36.4 Å². The maximum atomic E-state index is 12.9. The van der Waals surface area contributed by atoms with Crippen molar-refractivity contribution < 1.29 is 8.81 Å². The Hall–Kier alpha value is -1.85. The molecule has 102 valence electrons. The Labute approximate surface area is 124 Å². The average molecular weight is 309 g/mol. The van der Waals surface area contributed by atoms with Crippen LogP contribution in [0.3, 0.4) is 0 Å². The summed E-state index contributed by atoms with van der Waals surface area (Å²) in [5.74, 6) is 0.247. The van der Waals surface area contributed by atoms with Crippen LogP contribution in [0.4, 0.5) is 10.1 Å². The van der Waals surface area contributed by atoms with E-state index in [-0.39, 0.29) is 6.04 Å². The molecule has 0 saturated carbocycles. The minimum absolute atomic E-state index is 0.185. The van der Waals surface area contributed by atoms with Crippen molar-refractivity contribution >= 4 is 28.6 Å². The van der Waals surface area contributed by atoms with Crippen molar-refractivity contribution in [1.29, 1.82) is 0 Å². The van der Waals surface area contributed by atoms with Crippen LogP contribution in [0.5, 0.6) is 0 Å². The summed E-state index contributed by atoms with van der Waals surface area (Å²) in [6.45, 7) is 0. The predicted octanol–water partition coefficient (Wildman–Crippen LogP) is 4.73. The Kier molecular flexibility index (Phi) is 3.71. The molecule has 0 saturated heterocycles. The highest BCUT2D eigenvalue weighted by Gasteiger charge is 2.19. The van der Waals surface area contributed by atoms with Crippen molar-refractivity contribution in [3.63, 3.8) is 0 Å². The van der Waals surface area contributed by atoms with Crippen molar-refractivity contribution in [2.24, 2.45) is 0 Å². The van der Waals surface area contributed by atoms with Crippen LogP contribution >= 0.6 is 22.9 Å². The van der Waals surface area contributed by atoms with Crippen molar-refractivity contribution in [2.75, 3.05) is 5.32 Å². The minimum Gasteiger partial charge on any atom is -0.467 e. The number of furan rings is 1. The van der Waals surface area contributed by atoms with Crippen molar-refractivity contribution in [2.45, 2.75) is 6.04 Å². The van der Waals surface area contributed by atoms with Gasteiger partial charge in [-0.15, -0.1) is 11.3 Å². The third kappa shape index (κ3) is 2.84. The van der Waals surface area contributed by atoms with E-state index in [1.165, 1.54) is 23.6 Å². The highest BCUT2D eigenvalue weighted by atomic mass is 35.5. The van der Waals surface area contributed by atoms with E-state index in [0.717, 1.165) is 10.6 Å². The summed E-state index contributed by atoms with van der Waals surface area (Å²) in [6.07, 6.45) is 3.06. The molecule has 3 aromatic rings. The third-order valence-corrected chi connectivity index (χ3v) is 4.04. The number of anilines is 1. The van der Waals surface area contributed by atoms with Crippen LogP contribution in [-0.4, -0.2) is 4.98 Å². The van der Waals surface area contributed by atoms with Crippen LogP contribution in [0.2, 0.25) is 4.34 Å². The first kappa shape index (κ1) is 13.1. The first-order chi connectivity index (χ1) is 9.72. The van der Waals surface area contributed by atoms with E-state index in [0.29, 0.717) is 10.0 Å². The van der Waals surface area contributed by atoms with Gasteiger partial charge in [-0.25, -0.2) is 4.98 Å². The number of thiophene rings is 1. The van der Waals surface area contributed by atoms with Crippen molar-refractivity contribution in [3.05, 3.63) is 69.8 Å². The van der Waals surface area contributed by atoms with Crippen LogP contribution in [0, 0.1) is 5.95 Å². The van der Waals surface area contributed by atoms with Gasteiger partial charge in [0.1, 0.15) is 11.8 Å². The number of nitrogens with one attached hydrogen (secondary N) is 1. The molecule has 6 heteroatoms. The van der Waals surface area contributed by atoms with Gasteiger partial charge in [-0.1, -0.05) is 11.6 Å². The molecular weight excluding hydrogens is 299 g/mol.